The summed E-state index contributed by atoms with van der Waals surface area (Å²) in [6, 6.07) is 26.7. The average Bonchev–Trinajstić information content (AvgIpc) is 3.63. The Balaban J connectivity index is 0.000000170. The number of aromatic nitrogens is 3. The van der Waals surface area contributed by atoms with E-state index in [1.807, 2.05) is 84.3 Å². The van der Waals surface area contributed by atoms with Gasteiger partial charge in [0.1, 0.15) is 18.1 Å². The summed E-state index contributed by atoms with van der Waals surface area (Å²) >= 11 is 6.02. The SMILES string of the molecule is CC(=O)NCCNC(=O)c1cccc(-c2ccc3c(c2)B(O)OC3)c1.COc1ccc2c(c1)C(c1ccc(Cl)cc1)=NCc1nnc(C)n1-2. The van der Waals surface area contributed by atoms with Crippen molar-refractivity contribution in [1.29, 1.82) is 0 Å². The summed E-state index contributed by atoms with van der Waals surface area (Å²) in [5.74, 6) is 2.12. The van der Waals surface area contributed by atoms with E-state index in [-0.39, 0.29) is 11.8 Å². The van der Waals surface area contributed by atoms with Crippen molar-refractivity contribution in [3.8, 4) is 22.6 Å². The van der Waals surface area contributed by atoms with E-state index in [1.54, 1.807) is 19.2 Å². The molecule has 13 heteroatoms. The van der Waals surface area contributed by atoms with E-state index in [0.717, 1.165) is 62.1 Å². The van der Waals surface area contributed by atoms with Crippen molar-refractivity contribution in [3.63, 3.8) is 0 Å². The highest BCUT2D eigenvalue weighted by Crippen LogP contribution is 2.29. The van der Waals surface area contributed by atoms with Gasteiger partial charge in [0.05, 0.1) is 25.1 Å². The molecule has 0 saturated carbocycles. The van der Waals surface area contributed by atoms with E-state index in [0.29, 0.717) is 36.8 Å². The number of aliphatic imine (C=N–C) groups is 1. The smallest absolute Gasteiger partial charge is 0.491 e. The van der Waals surface area contributed by atoms with Crippen LogP contribution in [-0.4, -0.2) is 64.6 Å². The molecule has 7 rings (SSSR count). The average molecular weight is 677 g/mol. The molecule has 0 aliphatic carbocycles. The van der Waals surface area contributed by atoms with Crippen molar-refractivity contribution in [1.82, 2.24) is 25.4 Å². The number of benzene rings is 4. The van der Waals surface area contributed by atoms with Crippen LogP contribution in [0, 0.1) is 6.92 Å². The first-order valence-corrected chi connectivity index (χ1v) is 16.0. The highest BCUT2D eigenvalue weighted by Gasteiger charge is 2.27. The largest absolute Gasteiger partial charge is 0.497 e. The number of methoxy groups -OCH3 is 1. The van der Waals surface area contributed by atoms with Crippen LogP contribution in [-0.2, 0) is 22.6 Å². The van der Waals surface area contributed by atoms with Gasteiger partial charge < -0.3 is 25.0 Å². The summed E-state index contributed by atoms with van der Waals surface area (Å²) in [7, 11) is 0.766. The molecule has 0 atom stereocenters. The molecule has 2 aliphatic heterocycles. The lowest BCUT2D eigenvalue weighted by Gasteiger charge is -2.14. The Kier molecular flexibility index (Phi) is 10.2. The summed E-state index contributed by atoms with van der Waals surface area (Å²) in [6.45, 7) is 5.01. The van der Waals surface area contributed by atoms with Crippen molar-refractivity contribution in [2.45, 2.75) is 27.0 Å². The molecule has 3 N–H and O–H groups in total. The van der Waals surface area contributed by atoms with E-state index in [1.165, 1.54) is 6.92 Å². The maximum atomic E-state index is 12.2. The van der Waals surface area contributed by atoms with E-state index in [2.05, 4.69) is 20.8 Å². The number of nitrogens with one attached hydrogen (secondary N) is 2. The molecular weight excluding hydrogens is 643 g/mol. The first kappa shape index (κ1) is 33.6. The van der Waals surface area contributed by atoms with Gasteiger partial charge in [0.2, 0.25) is 5.91 Å². The monoisotopic (exact) mass is 676 g/mol. The van der Waals surface area contributed by atoms with Crippen LogP contribution >= 0.6 is 11.6 Å². The number of amides is 2. The molecular formula is C36H34BClN6O5. The third-order valence-corrected chi connectivity index (χ3v) is 8.39. The van der Waals surface area contributed by atoms with Gasteiger partial charge in [-0.05, 0) is 71.5 Å². The summed E-state index contributed by atoms with van der Waals surface area (Å²) in [6.07, 6.45) is 0. The molecule has 0 saturated heterocycles. The molecule has 2 aliphatic rings. The minimum Gasteiger partial charge on any atom is -0.497 e. The zero-order chi connectivity index (χ0) is 34.5. The fourth-order valence-corrected chi connectivity index (χ4v) is 5.82. The molecule has 5 aromatic rings. The third kappa shape index (κ3) is 7.57. The number of nitrogens with zero attached hydrogens (tertiary/aromatic N) is 4. The van der Waals surface area contributed by atoms with Gasteiger partial charge in [-0.3, -0.25) is 19.1 Å². The lowest BCUT2D eigenvalue weighted by molar-refractivity contribution is -0.118. The molecule has 0 spiro atoms. The van der Waals surface area contributed by atoms with Gasteiger partial charge in [-0.25, -0.2) is 0 Å². The lowest BCUT2D eigenvalue weighted by atomic mass is 9.78. The minimum atomic E-state index is -0.893. The van der Waals surface area contributed by atoms with Crippen LogP contribution in [0.3, 0.4) is 0 Å². The zero-order valence-corrected chi connectivity index (χ0v) is 28.0. The third-order valence-electron chi connectivity index (χ3n) is 8.14. The van der Waals surface area contributed by atoms with Gasteiger partial charge in [-0.2, -0.15) is 0 Å². The van der Waals surface area contributed by atoms with Crippen LogP contribution in [0.4, 0.5) is 0 Å². The Hall–Kier alpha value is -5.30. The van der Waals surface area contributed by atoms with Gasteiger partial charge in [-0.1, -0.05) is 54.1 Å². The summed E-state index contributed by atoms with van der Waals surface area (Å²) in [4.78, 5) is 27.8. The Morgan fingerprint density at radius 2 is 1.71 bits per heavy atom. The normalized spacial score (nSPS) is 12.8. The standard InChI is InChI=1S/C18H19BN2O4.C18H15ClN4O/c1-12(22)20-7-8-21-18(23)15-4-2-3-13(9-15)14-5-6-16-11-25-19(24)17(16)10-14;1-11-21-22-17-10-20-18(12-3-5-13(19)6-4-12)15-9-14(24-2)7-8-16(15)23(11)17/h2-6,9-10,24H,7-8,11H2,1H3,(H,20,22)(H,21,23);3-9H,10H2,1-2H3. The van der Waals surface area contributed by atoms with Crippen LogP contribution < -0.4 is 20.8 Å². The van der Waals surface area contributed by atoms with Crippen molar-refractivity contribution >= 4 is 41.7 Å². The van der Waals surface area contributed by atoms with Gasteiger partial charge in [0.15, 0.2) is 5.82 Å². The first-order chi connectivity index (χ1) is 23.7. The molecule has 0 fully saturated rings. The van der Waals surface area contributed by atoms with Gasteiger partial charge >= 0.3 is 7.12 Å². The maximum absolute atomic E-state index is 12.2. The topological polar surface area (TPSA) is 140 Å². The Labute approximate surface area is 289 Å². The second-order valence-corrected chi connectivity index (χ2v) is 11.9. The maximum Gasteiger partial charge on any atom is 0.491 e. The van der Waals surface area contributed by atoms with Crippen LogP contribution in [0.25, 0.3) is 16.8 Å². The number of aryl methyl sites for hydroxylation is 1. The summed E-state index contributed by atoms with van der Waals surface area (Å²) in [5.41, 5.74) is 7.96. The van der Waals surface area contributed by atoms with Crippen molar-refractivity contribution in [2.24, 2.45) is 4.99 Å². The molecule has 3 heterocycles. The number of fused-ring (bicyclic) bond motifs is 4. The van der Waals surface area contributed by atoms with Gasteiger partial charge in [-0.15, -0.1) is 10.2 Å². The Morgan fingerprint density at radius 3 is 2.49 bits per heavy atom. The number of ether oxygens (including phenoxy) is 1. The lowest BCUT2D eigenvalue weighted by Crippen LogP contribution is -2.33. The van der Waals surface area contributed by atoms with Gasteiger partial charge in [0.25, 0.3) is 5.91 Å². The molecule has 248 valence electrons. The van der Waals surface area contributed by atoms with Crippen LogP contribution in [0.1, 0.15) is 45.6 Å². The van der Waals surface area contributed by atoms with Crippen LogP contribution in [0.5, 0.6) is 5.75 Å². The van der Waals surface area contributed by atoms with Crippen molar-refractivity contribution in [3.05, 3.63) is 124 Å². The number of hydrogen-bond donors (Lipinski definition) is 3. The van der Waals surface area contributed by atoms with Crippen LogP contribution in [0.15, 0.2) is 89.9 Å². The number of carbonyl (C=O) groups is 2. The highest BCUT2D eigenvalue weighted by molar-refractivity contribution is 6.61. The second kappa shape index (κ2) is 14.9. The molecule has 0 bridgehead atoms. The second-order valence-electron chi connectivity index (χ2n) is 11.5. The molecule has 49 heavy (non-hydrogen) atoms. The van der Waals surface area contributed by atoms with E-state index in [9.17, 15) is 14.6 Å². The molecule has 2 amide bonds. The Morgan fingerprint density at radius 1 is 0.959 bits per heavy atom. The van der Waals surface area contributed by atoms with Gasteiger partial charge in [0, 0.05) is 41.7 Å². The van der Waals surface area contributed by atoms with E-state index >= 15 is 0 Å². The van der Waals surface area contributed by atoms with Crippen molar-refractivity contribution < 1.29 is 24.0 Å². The molecule has 1 aromatic heterocycles. The number of hydrogen-bond acceptors (Lipinski definition) is 8. The predicted molar refractivity (Wildman–Crippen MR) is 189 cm³/mol. The Bertz CT molecular complexity index is 2050. The molecule has 11 nitrogen and oxygen atoms in total. The predicted octanol–water partition coefficient (Wildman–Crippen LogP) is 4.03. The fraction of sp³-hybridized carbons (Fsp3) is 0.194. The first-order valence-electron chi connectivity index (χ1n) is 15.7. The van der Waals surface area contributed by atoms with Crippen LogP contribution in [0.2, 0.25) is 5.02 Å². The quantitative estimate of drug-likeness (QED) is 0.175. The summed E-state index contributed by atoms with van der Waals surface area (Å²) < 4.78 is 12.7. The number of carbonyl (C=O) groups excluding carboxylic acids is 2. The molecule has 4 aromatic carbocycles. The number of halogens is 1. The summed E-state index contributed by atoms with van der Waals surface area (Å²) in [5, 5.41) is 24.4. The van der Waals surface area contributed by atoms with E-state index in [4.69, 9.17) is 26.0 Å². The molecule has 0 unspecified atom stereocenters. The molecule has 0 radical (unpaired) electrons. The number of rotatable bonds is 7. The zero-order valence-electron chi connectivity index (χ0n) is 27.2. The van der Waals surface area contributed by atoms with Crippen molar-refractivity contribution in [2.75, 3.05) is 20.2 Å². The van der Waals surface area contributed by atoms with E-state index < -0.39 is 7.12 Å². The minimum absolute atomic E-state index is 0.126. The highest BCUT2D eigenvalue weighted by atomic mass is 35.5. The fourth-order valence-electron chi connectivity index (χ4n) is 5.69.